The summed E-state index contributed by atoms with van der Waals surface area (Å²) in [5, 5.41) is 8.61. The van der Waals surface area contributed by atoms with E-state index >= 15 is 0 Å². The van der Waals surface area contributed by atoms with Crippen LogP contribution in [0.1, 0.15) is 40.2 Å². The maximum Gasteiger partial charge on any atom is 0.416 e. The van der Waals surface area contributed by atoms with Crippen LogP contribution in [-0.2, 0) is 6.18 Å². The number of benzene rings is 3. The monoisotopic (exact) mass is 394 g/mol. The second kappa shape index (κ2) is 7.74. The van der Waals surface area contributed by atoms with Crippen LogP contribution in [0.4, 0.5) is 13.2 Å². The number of halogens is 3. The molecule has 1 heterocycles. The Balaban J connectivity index is 1.99. The van der Waals surface area contributed by atoms with Crippen molar-refractivity contribution in [2.24, 2.45) is 0 Å². The van der Waals surface area contributed by atoms with Gasteiger partial charge in [0.1, 0.15) is 5.84 Å². The molecule has 3 aromatic carbocycles. The molecular formula is C24H21F3N2. The van der Waals surface area contributed by atoms with E-state index < -0.39 is 17.7 Å². The van der Waals surface area contributed by atoms with Gasteiger partial charge in [-0.05, 0) is 29.2 Å². The molecule has 3 aromatic rings. The Bertz CT molecular complexity index is 954. The zero-order chi connectivity index (χ0) is 20.4. The Hall–Kier alpha value is -3.08. The fourth-order valence-corrected chi connectivity index (χ4v) is 3.86. The number of nitrogens with one attached hydrogen (secondary N) is 1. The lowest BCUT2D eigenvalue weighted by atomic mass is 9.79. The van der Waals surface area contributed by atoms with E-state index in [9.17, 15) is 13.2 Å². The highest BCUT2D eigenvalue weighted by molar-refractivity contribution is 5.99. The largest absolute Gasteiger partial charge is 0.416 e. The molecule has 1 aliphatic rings. The van der Waals surface area contributed by atoms with Gasteiger partial charge in [0, 0.05) is 24.6 Å². The minimum Gasteiger partial charge on any atom is -0.356 e. The number of amidine groups is 1. The molecule has 5 heteroatoms. The SMILES string of the molecule is N=C(c1cccc(C(F)(F)F)c1C(c1ccccc1)c1ccccc1)N1CCC1. The van der Waals surface area contributed by atoms with Crippen LogP contribution in [0.5, 0.6) is 0 Å². The fourth-order valence-electron chi connectivity index (χ4n) is 3.86. The maximum absolute atomic E-state index is 14.1. The Morgan fingerprint density at radius 3 is 1.79 bits per heavy atom. The van der Waals surface area contributed by atoms with Crippen LogP contribution in [0.3, 0.4) is 0 Å². The lowest BCUT2D eigenvalue weighted by Crippen LogP contribution is -2.42. The van der Waals surface area contributed by atoms with Gasteiger partial charge >= 0.3 is 6.18 Å². The molecule has 1 N–H and O–H groups in total. The summed E-state index contributed by atoms with van der Waals surface area (Å²) in [7, 11) is 0. The minimum atomic E-state index is -4.51. The topological polar surface area (TPSA) is 27.1 Å². The zero-order valence-electron chi connectivity index (χ0n) is 15.8. The normalized spacial score (nSPS) is 14.0. The summed E-state index contributed by atoms with van der Waals surface area (Å²) in [5.41, 5.74) is 1.35. The second-order valence-electron chi connectivity index (χ2n) is 7.21. The van der Waals surface area contributed by atoms with E-state index in [1.165, 1.54) is 6.07 Å². The van der Waals surface area contributed by atoms with Crippen molar-refractivity contribution in [2.45, 2.75) is 18.5 Å². The van der Waals surface area contributed by atoms with E-state index in [1.807, 2.05) is 65.6 Å². The van der Waals surface area contributed by atoms with Crippen LogP contribution in [0, 0.1) is 5.41 Å². The van der Waals surface area contributed by atoms with E-state index in [0.29, 0.717) is 18.7 Å². The summed E-state index contributed by atoms with van der Waals surface area (Å²) in [6, 6.07) is 22.6. The van der Waals surface area contributed by atoms with Crippen molar-refractivity contribution in [2.75, 3.05) is 13.1 Å². The second-order valence-corrected chi connectivity index (χ2v) is 7.21. The van der Waals surface area contributed by atoms with Gasteiger partial charge in [0.2, 0.25) is 0 Å². The molecule has 0 aliphatic carbocycles. The van der Waals surface area contributed by atoms with Gasteiger partial charge in [-0.2, -0.15) is 13.2 Å². The summed E-state index contributed by atoms with van der Waals surface area (Å²) >= 11 is 0. The van der Waals surface area contributed by atoms with E-state index in [1.54, 1.807) is 6.07 Å². The van der Waals surface area contributed by atoms with Crippen LogP contribution in [0.2, 0.25) is 0 Å². The van der Waals surface area contributed by atoms with Crippen molar-refractivity contribution >= 4 is 5.84 Å². The van der Waals surface area contributed by atoms with Crippen molar-refractivity contribution < 1.29 is 13.2 Å². The van der Waals surface area contributed by atoms with Crippen molar-refractivity contribution in [3.8, 4) is 0 Å². The summed E-state index contributed by atoms with van der Waals surface area (Å²) < 4.78 is 42.3. The molecule has 1 fully saturated rings. The summed E-state index contributed by atoms with van der Waals surface area (Å²) in [6.07, 6.45) is -3.56. The molecule has 2 nitrogen and oxygen atoms in total. The number of likely N-dealkylation sites (tertiary alicyclic amines) is 1. The van der Waals surface area contributed by atoms with E-state index in [0.717, 1.165) is 23.6 Å². The molecule has 0 amide bonds. The van der Waals surface area contributed by atoms with Crippen LogP contribution in [0.15, 0.2) is 78.9 Å². The van der Waals surface area contributed by atoms with Crippen LogP contribution >= 0.6 is 0 Å². The van der Waals surface area contributed by atoms with Gasteiger partial charge in [-0.25, -0.2) is 0 Å². The molecule has 0 unspecified atom stereocenters. The first-order chi connectivity index (χ1) is 14.0. The zero-order valence-corrected chi connectivity index (χ0v) is 15.8. The molecule has 1 saturated heterocycles. The average Bonchev–Trinajstić information content (AvgIpc) is 2.68. The predicted molar refractivity (Wildman–Crippen MR) is 108 cm³/mol. The van der Waals surface area contributed by atoms with Gasteiger partial charge in [0.15, 0.2) is 0 Å². The third kappa shape index (κ3) is 3.77. The minimum absolute atomic E-state index is 0.148. The van der Waals surface area contributed by atoms with Gasteiger partial charge in [-0.1, -0.05) is 72.8 Å². The number of alkyl halides is 3. The highest BCUT2D eigenvalue weighted by Crippen LogP contribution is 2.42. The van der Waals surface area contributed by atoms with E-state index in [2.05, 4.69) is 0 Å². The molecule has 1 aliphatic heterocycles. The van der Waals surface area contributed by atoms with Crippen molar-refractivity contribution in [1.82, 2.24) is 4.90 Å². The van der Waals surface area contributed by atoms with Crippen molar-refractivity contribution in [3.05, 3.63) is 107 Å². The summed E-state index contributed by atoms with van der Waals surface area (Å²) in [6.45, 7) is 1.41. The van der Waals surface area contributed by atoms with Crippen LogP contribution in [0.25, 0.3) is 0 Å². The van der Waals surface area contributed by atoms with Crippen LogP contribution < -0.4 is 0 Å². The number of nitrogens with zero attached hydrogens (tertiary/aromatic N) is 1. The Morgan fingerprint density at radius 2 is 1.34 bits per heavy atom. The quantitative estimate of drug-likeness (QED) is 0.332. The Labute approximate surface area is 168 Å². The van der Waals surface area contributed by atoms with Crippen molar-refractivity contribution in [1.29, 1.82) is 5.41 Å². The lowest BCUT2D eigenvalue weighted by molar-refractivity contribution is -0.138. The van der Waals surface area contributed by atoms with Gasteiger partial charge in [0.25, 0.3) is 0 Å². The highest BCUT2D eigenvalue weighted by atomic mass is 19.4. The average molecular weight is 394 g/mol. The molecule has 0 spiro atoms. The number of hydrogen-bond acceptors (Lipinski definition) is 1. The van der Waals surface area contributed by atoms with Crippen LogP contribution in [-0.4, -0.2) is 23.8 Å². The molecule has 0 bridgehead atoms. The van der Waals surface area contributed by atoms with Gasteiger partial charge in [-0.15, -0.1) is 0 Å². The van der Waals surface area contributed by atoms with Crippen molar-refractivity contribution in [3.63, 3.8) is 0 Å². The standard InChI is InChI=1S/C24H21F3N2/c25-24(26,27)20-14-7-13-19(23(28)29-15-8-16-29)22(20)21(17-9-3-1-4-10-17)18-11-5-2-6-12-18/h1-7,9-14,21,28H,8,15-16H2. The molecule has 0 saturated carbocycles. The van der Waals surface area contributed by atoms with E-state index in [4.69, 9.17) is 5.41 Å². The fraction of sp³-hybridized carbons (Fsp3) is 0.208. The Kier molecular flexibility index (Phi) is 5.14. The molecule has 0 atom stereocenters. The molecule has 0 radical (unpaired) electrons. The summed E-state index contributed by atoms with van der Waals surface area (Å²) in [4.78, 5) is 1.83. The van der Waals surface area contributed by atoms with Gasteiger partial charge in [-0.3, -0.25) is 5.41 Å². The predicted octanol–water partition coefficient (Wildman–Crippen LogP) is 5.92. The third-order valence-electron chi connectivity index (χ3n) is 5.39. The highest BCUT2D eigenvalue weighted by Gasteiger charge is 2.38. The number of rotatable bonds is 4. The van der Waals surface area contributed by atoms with E-state index in [-0.39, 0.29) is 11.4 Å². The first-order valence-electron chi connectivity index (χ1n) is 9.60. The maximum atomic E-state index is 14.1. The lowest BCUT2D eigenvalue weighted by Gasteiger charge is -2.35. The first-order valence-corrected chi connectivity index (χ1v) is 9.60. The Morgan fingerprint density at radius 1 is 0.793 bits per heavy atom. The molecular weight excluding hydrogens is 373 g/mol. The van der Waals surface area contributed by atoms with Gasteiger partial charge < -0.3 is 4.90 Å². The first kappa shape index (κ1) is 19.2. The smallest absolute Gasteiger partial charge is 0.356 e. The molecule has 148 valence electrons. The summed E-state index contributed by atoms with van der Waals surface area (Å²) in [5.74, 6) is -0.457. The molecule has 4 rings (SSSR count). The molecule has 0 aromatic heterocycles. The third-order valence-corrected chi connectivity index (χ3v) is 5.39. The number of hydrogen-bond donors (Lipinski definition) is 1. The van der Waals surface area contributed by atoms with Gasteiger partial charge in [0.05, 0.1) is 5.56 Å². The molecule has 29 heavy (non-hydrogen) atoms.